The molecule has 0 aliphatic carbocycles. The Labute approximate surface area is 244 Å². The van der Waals surface area contributed by atoms with Crippen molar-refractivity contribution in [1.29, 1.82) is 0 Å². The van der Waals surface area contributed by atoms with Gasteiger partial charge in [0.2, 0.25) is 21.8 Å². The Kier molecular flexibility index (Phi) is 11.0. The molecule has 39 heavy (non-hydrogen) atoms. The molecule has 0 aliphatic heterocycles. The summed E-state index contributed by atoms with van der Waals surface area (Å²) in [5.41, 5.74) is 2.65. The van der Waals surface area contributed by atoms with Crippen LogP contribution >= 0.6 is 27.5 Å². The largest absolute Gasteiger partial charge is 0.354 e. The molecule has 1 unspecified atom stereocenters. The molecule has 0 saturated carbocycles. The van der Waals surface area contributed by atoms with Gasteiger partial charge in [-0.1, -0.05) is 83.0 Å². The van der Waals surface area contributed by atoms with Gasteiger partial charge in [-0.15, -0.1) is 0 Å². The first-order chi connectivity index (χ1) is 18.5. The van der Waals surface area contributed by atoms with Crippen molar-refractivity contribution in [2.45, 2.75) is 39.3 Å². The summed E-state index contributed by atoms with van der Waals surface area (Å²) in [6.07, 6.45) is 2.06. The highest BCUT2D eigenvalue weighted by Crippen LogP contribution is 2.27. The first-order valence-electron chi connectivity index (χ1n) is 12.6. The van der Waals surface area contributed by atoms with Crippen LogP contribution in [0, 0.1) is 6.92 Å². The number of nitrogens with one attached hydrogen (secondary N) is 1. The lowest BCUT2D eigenvalue weighted by Crippen LogP contribution is -2.53. The van der Waals surface area contributed by atoms with Gasteiger partial charge in [-0.3, -0.25) is 13.9 Å². The van der Waals surface area contributed by atoms with Crippen molar-refractivity contribution >= 4 is 55.1 Å². The molecule has 3 aromatic carbocycles. The average Bonchev–Trinajstić information content (AvgIpc) is 2.90. The summed E-state index contributed by atoms with van der Waals surface area (Å²) in [7, 11) is -3.86. The highest BCUT2D eigenvalue weighted by molar-refractivity contribution is 9.10. The Morgan fingerprint density at radius 2 is 1.67 bits per heavy atom. The Morgan fingerprint density at radius 1 is 1.00 bits per heavy atom. The van der Waals surface area contributed by atoms with E-state index in [1.165, 1.54) is 11.0 Å². The molecule has 208 valence electrons. The lowest BCUT2D eigenvalue weighted by molar-refractivity contribution is -0.140. The van der Waals surface area contributed by atoms with Crippen molar-refractivity contribution in [3.8, 4) is 0 Å². The van der Waals surface area contributed by atoms with Crippen molar-refractivity contribution in [3.05, 3.63) is 99.0 Å². The molecule has 10 heteroatoms. The summed E-state index contributed by atoms with van der Waals surface area (Å²) in [6, 6.07) is 20.9. The molecule has 2 amide bonds. The Morgan fingerprint density at radius 3 is 2.28 bits per heavy atom. The lowest BCUT2D eigenvalue weighted by atomic mass is 10.0. The first kappa shape index (κ1) is 30.7. The van der Waals surface area contributed by atoms with E-state index in [0.717, 1.165) is 32.6 Å². The van der Waals surface area contributed by atoms with Crippen LogP contribution in [0.5, 0.6) is 0 Å². The van der Waals surface area contributed by atoms with Gasteiger partial charge in [-0.05, 0) is 54.3 Å². The summed E-state index contributed by atoms with van der Waals surface area (Å²) in [5, 5.41) is 3.28. The van der Waals surface area contributed by atoms with Crippen LogP contribution in [-0.2, 0) is 32.6 Å². The molecule has 3 rings (SSSR count). The Bertz CT molecular complexity index is 1390. The number of benzene rings is 3. The van der Waals surface area contributed by atoms with Crippen LogP contribution in [0.4, 0.5) is 5.69 Å². The number of hydrogen-bond acceptors (Lipinski definition) is 4. The summed E-state index contributed by atoms with van der Waals surface area (Å²) in [6.45, 7) is 3.80. The van der Waals surface area contributed by atoms with E-state index in [1.54, 1.807) is 19.1 Å². The van der Waals surface area contributed by atoms with E-state index in [4.69, 9.17) is 11.6 Å². The van der Waals surface area contributed by atoms with Gasteiger partial charge in [0.15, 0.2) is 0 Å². The van der Waals surface area contributed by atoms with Crippen LogP contribution in [0.15, 0.2) is 77.3 Å². The van der Waals surface area contributed by atoms with E-state index in [1.807, 2.05) is 61.5 Å². The van der Waals surface area contributed by atoms with Crippen molar-refractivity contribution in [1.82, 2.24) is 10.2 Å². The number of amides is 2. The maximum Gasteiger partial charge on any atom is 0.244 e. The van der Waals surface area contributed by atoms with Crippen LogP contribution in [0.2, 0.25) is 5.02 Å². The topological polar surface area (TPSA) is 86.8 Å². The fraction of sp³-hybridized carbons (Fsp3) is 0.310. The van der Waals surface area contributed by atoms with Gasteiger partial charge >= 0.3 is 0 Å². The van der Waals surface area contributed by atoms with Crippen LogP contribution in [-0.4, -0.2) is 50.5 Å². The van der Waals surface area contributed by atoms with Gasteiger partial charge in [0, 0.05) is 29.0 Å². The molecule has 1 N–H and O–H groups in total. The monoisotopic (exact) mass is 633 g/mol. The third kappa shape index (κ3) is 8.81. The average molecular weight is 635 g/mol. The molecule has 0 bridgehead atoms. The van der Waals surface area contributed by atoms with Crippen molar-refractivity contribution in [2.24, 2.45) is 0 Å². The minimum atomic E-state index is -3.86. The zero-order valence-corrected chi connectivity index (χ0v) is 25.4. The number of halogens is 2. The molecular formula is C29H33BrClN3O4S. The zero-order chi connectivity index (χ0) is 28.6. The van der Waals surface area contributed by atoms with Crippen LogP contribution < -0.4 is 9.62 Å². The second-order valence-electron chi connectivity index (χ2n) is 9.35. The number of hydrogen-bond donors (Lipinski definition) is 1. The fourth-order valence-corrected chi connectivity index (χ4v) is 5.48. The van der Waals surface area contributed by atoms with E-state index in [9.17, 15) is 18.0 Å². The van der Waals surface area contributed by atoms with Gasteiger partial charge in [0.05, 0.1) is 11.9 Å². The van der Waals surface area contributed by atoms with Gasteiger partial charge in [0.25, 0.3) is 0 Å². The second kappa shape index (κ2) is 14.0. The molecule has 0 radical (unpaired) electrons. The predicted octanol–water partition coefficient (Wildman–Crippen LogP) is 5.34. The van der Waals surface area contributed by atoms with Crippen LogP contribution in [0.25, 0.3) is 0 Å². The van der Waals surface area contributed by atoms with Gasteiger partial charge in [0.1, 0.15) is 12.6 Å². The third-order valence-corrected chi connectivity index (χ3v) is 8.10. The summed E-state index contributed by atoms with van der Waals surface area (Å²) >= 11 is 9.62. The standard InChI is InChI=1S/C29H33BrClN3O4S/c1-4-16-32-29(36)27(17-22-8-6-5-7-9-22)33(19-23-11-13-24(30)14-12-23)28(35)20-34(39(3,37)38)26-18-25(31)15-10-21(26)2/h5-15,18,27H,4,16-17,19-20H2,1-3H3,(H,32,36). The second-order valence-corrected chi connectivity index (χ2v) is 12.6. The summed E-state index contributed by atoms with van der Waals surface area (Å²) < 4.78 is 27.8. The molecular weight excluding hydrogens is 602 g/mol. The maximum atomic E-state index is 14.0. The lowest BCUT2D eigenvalue weighted by Gasteiger charge is -2.34. The van der Waals surface area contributed by atoms with Gasteiger partial charge < -0.3 is 10.2 Å². The molecule has 0 aliphatic rings. The molecule has 0 saturated heterocycles. The quantitative estimate of drug-likeness (QED) is 0.291. The van der Waals surface area contributed by atoms with E-state index in [-0.39, 0.29) is 18.9 Å². The first-order valence-corrected chi connectivity index (χ1v) is 15.6. The van der Waals surface area contributed by atoms with E-state index in [2.05, 4.69) is 21.2 Å². The Balaban J connectivity index is 2.06. The van der Waals surface area contributed by atoms with Crippen molar-refractivity contribution in [2.75, 3.05) is 23.7 Å². The normalized spacial score (nSPS) is 12.0. The smallest absolute Gasteiger partial charge is 0.244 e. The van der Waals surface area contributed by atoms with Crippen molar-refractivity contribution in [3.63, 3.8) is 0 Å². The zero-order valence-electron chi connectivity index (χ0n) is 22.2. The Hall–Kier alpha value is -2.88. The number of anilines is 1. The minimum absolute atomic E-state index is 0.120. The summed E-state index contributed by atoms with van der Waals surface area (Å²) in [4.78, 5) is 29.0. The number of carbonyl (C=O) groups is 2. The predicted molar refractivity (Wildman–Crippen MR) is 160 cm³/mol. The van der Waals surface area contributed by atoms with Gasteiger partial charge in [-0.25, -0.2) is 8.42 Å². The SMILES string of the molecule is CCCNC(=O)C(Cc1ccccc1)N(Cc1ccc(Br)cc1)C(=O)CN(c1cc(Cl)ccc1C)S(C)(=O)=O. The highest BCUT2D eigenvalue weighted by Gasteiger charge is 2.33. The minimum Gasteiger partial charge on any atom is -0.354 e. The van der Waals surface area contributed by atoms with E-state index < -0.39 is 28.5 Å². The molecule has 1 atom stereocenters. The molecule has 0 aromatic heterocycles. The molecule has 7 nitrogen and oxygen atoms in total. The van der Waals surface area contributed by atoms with E-state index >= 15 is 0 Å². The fourth-order valence-electron chi connectivity index (χ4n) is 4.15. The molecule has 0 fully saturated rings. The van der Waals surface area contributed by atoms with Crippen LogP contribution in [0.1, 0.15) is 30.0 Å². The highest BCUT2D eigenvalue weighted by atomic mass is 79.9. The van der Waals surface area contributed by atoms with E-state index in [0.29, 0.717) is 22.8 Å². The maximum absolute atomic E-state index is 14.0. The third-order valence-electron chi connectivity index (χ3n) is 6.21. The molecule has 0 spiro atoms. The molecule has 3 aromatic rings. The van der Waals surface area contributed by atoms with Gasteiger partial charge in [-0.2, -0.15) is 0 Å². The number of carbonyl (C=O) groups excluding carboxylic acids is 2. The number of rotatable bonds is 12. The summed E-state index contributed by atoms with van der Waals surface area (Å²) in [5.74, 6) is -0.800. The number of aryl methyl sites for hydroxylation is 1. The number of nitrogens with zero attached hydrogens (tertiary/aromatic N) is 2. The van der Waals surface area contributed by atoms with Crippen LogP contribution in [0.3, 0.4) is 0 Å². The number of sulfonamides is 1. The van der Waals surface area contributed by atoms with Crippen molar-refractivity contribution < 1.29 is 18.0 Å². The molecule has 0 heterocycles.